The minimum Gasteiger partial charge on any atom is -0.400 e. The zero-order valence-electron chi connectivity index (χ0n) is 15.9. The van der Waals surface area contributed by atoms with Crippen LogP contribution in [-0.2, 0) is 13.1 Å². The average molecular weight is 351 g/mol. The van der Waals surface area contributed by atoms with Crippen molar-refractivity contribution in [2.75, 3.05) is 17.7 Å². The molecule has 0 aromatic heterocycles. The summed E-state index contributed by atoms with van der Waals surface area (Å²) in [7, 11) is 1.00. The van der Waals surface area contributed by atoms with E-state index in [0.717, 1.165) is 31.6 Å². The number of para-hydroxylation sites is 2. The van der Waals surface area contributed by atoms with Gasteiger partial charge in [0.2, 0.25) is 0 Å². The van der Waals surface area contributed by atoms with E-state index in [2.05, 4.69) is 59.2 Å². The molecule has 0 spiro atoms. The summed E-state index contributed by atoms with van der Waals surface area (Å²) in [6.07, 6.45) is 0. The number of rotatable bonds is 6. The van der Waals surface area contributed by atoms with Crippen LogP contribution in [-0.4, -0.2) is 12.2 Å². The van der Waals surface area contributed by atoms with Gasteiger partial charge in [0, 0.05) is 31.6 Å². The minimum absolute atomic E-state index is 0.836. The standard InChI is InChI=1S/C20H20N2.C2H6.CH4O/c1-3-10-19(11-4-1)21-15-17-8-7-9-18(14-17)16-22-20-12-5-2-6-13-20;2*1-2/h1-14,21-22H,15-16H2;1-2H3;2H,1H3. The monoisotopic (exact) mass is 350 g/mol. The largest absolute Gasteiger partial charge is 0.400 e. The second kappa shape index (κ2) is 13.5. The van der Waals surface area contributed by atoms with E-state index in [4.69, 9.17) is 5.11 Å². The van der Waals surface area contributed by atoms with Crippen molar-refractivity contribution in [3.05, 3.63) is 96.1 Å². The quantitative estimate of drug-likeness (QED) is 0.546. The van der Waals surface area contributed by atoms with E-state index in [1.54, 1.807) is 0 Å². The summed E-state index contributed by atoms with van der Waals surface area (Å²) >= 11 is 0. The molecule has 0 amide bonds. The van der Waals surface area contributed by atoms with Crippen LogP contribution >= 0.6 is 0 Å². The van der Waals surface area contributed by atoms with Gasteiger partial charge in [-0.05, 0) is 35.4 Å². The van der Waals surface area contributed by atoms with Gasteiger partial charge in [-0.15, -0.1) is 0 Å². The highest BCUT2D eigenvalue weighted by molar-refractivity contribution is 5.45. The summed E-state index contributed by atoms with van der Waals surface area (Å²) in [6.45, 7) is 5.67. The molecule has 0 aliphatic heterocycles. The topological polar surface area (TPSA) is 44.3 Å². The molecule has 3 nitrogen and oxygen atoms in total. The van der Waals surface area contributed by atoms with Crippen molar-refractivity contribution < 1.29 is 5.11 Å². The summed E-state index contributed by atoms with van der Waals surface area (Å²) in [5.41, 5.74) is 4.87. The average Bonchev–Trinajstić information content (AvgIpc) is 2.75. The second-order valence-electron chi connectivity index (χ2n) is 5.26. The summed E-state index contributed by atoms with van der Waals surface area (Å²) in [4.78, 5) is 0. The maximum Gasteiger partial charge on any atom is 0.0400 e. The van der Waals surface area contributed by atoms with Gasteiger partial charge >= 0.3 is 0 Å². The predicted octanol–water partition coefficient (Wildman–Crippen LogP) is 5.55. The number of benzene rings is 3. The Hall–Kier alpha value is -2.78. The molecule has 0 heterocycles. The number of hydrogen-bond acceptors (Lipinski definition) is 3. The van der Waals surface area contributed by atoms with Gasteiger partial charge in [0.1, 0.15) is 0 Å². The first-order valence-corrected chi connectivity index (χ1v) is 9.00. The van der Waals surface area contributed by atoms with Gasteiger partial charge in [0.25, 0.3) is 0 Å². The van der Waals surface area contributed by atoms with E-state index in [1.165, 1.54) is 11.1 Å². The van der Waals surface area contributed by atoms with Gasteiger partial charge < -0.3 is 15.7 Å². The number of aliphatic hydroxyl groups excluding tert-OH is 1. The third-order valence-electron chi connectivity index (χ3n) is 3.53. The molecule has 3 rings (SSSR count). The fraction of sp³-hybridized carbons (Fsp3) is 0.217. The molecule has 0 aliphatic carbocycles. The van der Waals surface area contributed by atoms with E-state index in [0.29, 0.717) is 0 Å². The summed E-state index contributed by atoms with van der Waals surface area (Å²) in [6, 6.07) is 29.2. The maximum atomic E-state index is 7.00. The molecule has 3 N–H and O–H groups in total. The van der Waals surface area contributed by atoms with Crippen LogP contribution < -0.4 is 10.6 Å². The fourth-order valence-corrected chi connectivity index (χ4v) is 2.37. The van der Waals surface area contributed by atoms with Crippen molar-refractivity contribution >= 4 is 11.4 Å². The maximum absolute atomic E-state index is 7.00. The van der Waals surface area contributed by atoms with Crippen molar-refractivity contribution in [3.63, 3.8) is 0 Å². The van der Waals surface area contributed by atoms with Crippen LogP contribution in [0.2, 0.25) is 0 Å². The lowest BCUT2D eigenvalue weighted by Gasteiger charge is -2.10. The van der Waals surface area contributed by atoms with Crippen LogP contribution in [0, 0.1) is 0 Å². The molecule has 26 heavy (non-hydrogen) atoms. The zero-order chi connectivity index (χ0) is 19.0. The molecule has 0 fully saturated rings. The molecule has 0 radical (unpaired) electrons. The van der Waals surface area contributed by atoms with E-state index in [1.807, 2.05) is 50.2 Å². The van der Waals surface area contributed by atoms with Gasteiger partial charge in [-0.25, -0.2) is 0 Å². The highest BCUT2D eigenvalue weighted by Crippen LogP contribution is 2.12. The molecular weight excluding hydrogens is 320 g/mol. The predicted molar refractivity (Wildman–Crippen MR) is 113 cm³/mol. The molecule has 3 aromatic carbocycles. The highest BCUT2D eigenvalue weighted by Gasteiger charge is 1.97. The van der Waals surface area contributed by atoms with Crippen LogP contribution in [0.4, 0.5) is 11.4 Å². The lowest BCUT2D eigenvalue weighted by Crippen LogP contribution is -2.02. The molecule has 3 heteroatoms. The van der Waals surface area contributed by atoms with E-state index in [9.17, 15) is 0 Å². The summed E-state index contributed by atoms with van der Waals surface area (Å²) in [5.74, 6) is 0. The molecule has 0 atom stereocenters. The third-order valence-corrected chi connectivity index (χ3v) is 3.53. The van der Waals surface area contributed by atoms with Gasteiger partial charge in [0.05, 0.1) is 0 Å². The first-order chi connectivity index (χ1) is 12.9. The molecule has 3 aromatic rings. The van der Waals surface area contributed by atoms with Gasteiger partial charge in [-0.1, -0.05) is 74.5 Å². The third kappa shape index (κ3) is 7.86. The van der Waals surface area contributed by atoms with E-state index >= 15 is 0 Å². The minimum atomic E-state index is 0.836. The van der Waals surface area contributed by atoms with E-state index in [-0.39, 0.29) is 0 Å². The van der Waals surface area contributed by atoms with Gasteiger partial charge in [-0.3, -0.25) is 0 Å². The van der Waals surface area contributed by atoms with Gasteiger partial charge in [0.15, 0.2) is 0 Å². The molecule has 0 bridgehead atoms. The Morgan fingerprint density at radius 2 is 0.962 bits per heavy atom. The Kier molecular flexibility index (Phi) is 11.0. The second-order valence-corrected chi connectivity index (χ2v) is 5.26. The van der Waals surface area contributed by atoms with Crippen molar-refractivity contribution in [1.29, 1.82) is 0 Å². The number of nitrogens with one attached hydrogen (secondary N) is 2. The SMILES string of the molecule is CC.CO.c1ccc(NCc2cccc(CNc3ccccc3)c2)cc1. The Balaban J connectivity index is 0.000000791. The number of aliphatic hydroxyl groups is 1. The zero-order valence-corrected chi connectivity index (χ0v) is 15.9. The lowest BCUT2D eigenvalue weighted by molar-refractivity contribution is 0.399. The van der Waals surface area contributed by atoms with Crippen molar-refractivity contribution in [2.24, 2.45) is 0 Å². The normalized spacial score (nSPS) is 9.08. The smallest absolute Gasteiger partial charge is 0.0400 e. The Morgan fingerprint density at radius 1 is 0.577 bits per heavy atom. The van der Waals surface area contributed by atoms with E-state index < -0.39 is 0 Å². The molecule has 138 valence electrons. The van der Waals surface area contributed by atoms with Crippen LogP contribution in [0.25, 0.3) is 0 Å². The van der Waals surface area contributed by atoms with Crippen LogP contribution in [0.1, 0.15) is 25.0 Å². The highest BCUT2D eigenvalue weighted by atomic mass is 16.2. The van der Waals surface area contributed by atoms with Gasteiger partial charge in [-0.2, -0.15) is 0 Å². The molecule has 0 aliphatic rings. The Morgan fingerprint density at radius 3 is 1.35 bits per heavy atom. The van der Waals surface area contributed by atoms with Crippen molar-refractivity contribution in [2.45, 2.75) is 26.9 Å². The van der Waals surface area contributed by atoms with Crippen molar-refractivity contribution in [3.8, 4) is 0 Å². The summed E-state index contributed by atoms with van der Waals surface area (Å²) < 4.78 is 0. The Labute approximate surface area is 157 Å². The van der Waals surface area contributed by atoms with Crippen LogP contribution in [0.3, 0.4) is 0 Å². The fourth-order valence-electron chi connectivity index (χ4n) is 2.37. The first kappa shape index (κ1) is 21.3. The van der Waals surface area contributed by atoms with Crippen LogP contribution in [0.5, 0.6) is 0 Å². The molecule has 0 unspecified atom stereocenters. The van der Waals surface area contributed by atoms with Crippen molar-refractivity contribution in [1.82, 2.24) is 0 Å². The first-order valence-electron chi connectivity index (χ1n) is 9.00. The Bertz CT molecular complexity index is 641. The summed E-state index contributed by atoms with van der Waals surface area (Å²) in [5, 5.41) is 13.9. The molecular formula is C23H30N2O. The molecule has 0 saturated heterocycles. The van der Waals surface area contributed by atoms with Crippen LogP contribution in [0.15, 0.2) is 84.9 Å². The number of anilines is 2. The molecule has 0 saturated carbocycles. The lowest BCUT2D eigenvalue weighted by atomic mass is 10.1. The number of hydrogen-bond donors (Lipinski definition) is 3.